The number of nitrogens with one attached hydrogen (secondary N) is 1. The average Bonchev–Trinajstić information content (AvgIpc) is 2.65. The van der Waals surface area contributed by atoms with Crippen LogP contribution in [-0.4, -0.2) is 25.1 Å². The van der Waals surface area contributed by atoms with E-state index in [2.05, 4.69) is 5.32 Å². The van der Waals surface area contributed by atoms with Crippen molar-refractivity contribution < 1.29 is 27.8 Å². The summed E-state index contributed by atoms with van der Waals surface area (Å²) < 4.78 is 37.3. The zero-order chi connectivity index (χ0) is 20.3. The fraction of sp³-hybridized carbons (Fsp3) is 0.300. The van der Waals surface area contributed by atoms with Crippen LogP contribution in [0.4, 0.5) is 8.78 Å². The molecule has 1 amide bonds. The van der Waals surface area contributed by atoms with Crippen molar-refractivity contribution in [1.29, 1.82) is 0 Å². The molecule has 1 heterocycles. The van der Waals surface area contributed by atoms with Crippen LogP contribution >= 0.6 is 11.6 Å². The van der Waals surface area contributed by atoms with Crippen LogP contribution in [0.2, 0.25) is 5.02 Å². The quantitative estimate of drug-likeness (QED) is 0.766. The first-order chi connectivity index (χ1) is 13.3. The number of halogens is 3. The maximum absolute atomic E-state index is 13.8. The zero-order valence-corrected chi connectivity index (χ0v) is 15.8. The summed E-state index contributed by atoms with van der Waals surface area (Å²) in [5.74, 6) is -2.51. The van der Waals surface area contributed by atoms with Gasteiger partial charge in [0.2, 0.25) is 0 Å². The van der Waals surface area contributed by atoms with Crippen molar-refractivity contribution in [2.75, 3.05) is 13.2 Å². The minimum absolute atomic E-state index is 0.134. The second-order valence-electron chi connectivity index (χ2n) is 6.53. The highest BCUT2D eigenvalue weighted by atomic mass is 35.5. The Labute approximate surface area is 165 Å². The van der Waals surface area contributed by atoms with Crippen LogP contribution in [0, 0.1) is 17.6 Å². The Morgan fingerprint density at radius 1 is 1.29 bits per heavy atom. The first-order valence-electron chi connectivity index (χ1n) is 8.65. The van der Waals surface area contributed by atoms with E-state index in [0.717, 1.165) is 17.7 Å². The van der Waals surface area contributed by atoms with Crippen molar-refractivity contribution >= 4 is 23.5 Å². The number of rotatable bonds is 5. The van der Waals surface area contributed by atoms with Gasteiger partial charge in [0.1, 0.15) is 24.0 Å². The Morgan fingerprint density at radius 3 is 2.82 bits per heavy atom. The molecule has 0 aliphatic carbocycles. The monoisotopic (exact) mass is 409 g/mol. The first kappa shape index (κ1) is 20.1. The maximum atomic E-state index is 13.8. The van der Waals surface area contributed by atoms with Crippen LogP contribution in [0.3, 0.4) is 0 Å². The molecule has 0 saturated heterocycles. The standard InChI is InChI=1S/C20H18ClF2NO4/c1-11(16-4-3-15(22)8-17(16)23)24-19(25)10-28-20(26)13-6-12-7-14(21)2-5-18(12)27-9-13/h2-5,7-8,11,13H,6,9-10H2,1H3,(H,24,25)/t11-,13-/m0/s1. The number of hydrogen-bond donors (Lipinski definition) is 1. The summed E-state index contributed by atoms with van der Waals surface area (Å²) in [5, 5.41) is 3.05. The van der Waals surface area contributed by atoms with E-state index in [9.17, 15) is 18.4 Å². The smallest absolute Gasteiger partial charge is 0.313 e. The number of ether oxygens (including phenoxy) is 2. The van der Waals surface area contributed by atoms with Gasteiger partial charge in [-0.2, -0.15) is 0 Å². The van der Waals surface area contributed by atoms with Crippen molar-refractivity contribution in [3.05, 3.63) is 64.2 Å². The first-order valence-corrected chi connectivity index (χ1v) is 9.03. The van der Waals surface area contributed by atoms with Gasteiger partial charge in [-0.3, -0.25) is 9.59 Å². The maximum Gasteiger partial charge on any atom is 0.313 e. The number of esters is 1. The molecule has 0 aromatic heterocycles. The Hall–Kier alpha value is -2.67. The van der Waals surface area contributed by atoms with Crippen LogP contribution in [0.1, 0.15) is 24.1 Å². The minimum Gasteiger partial charge on any atom is -0.492 e. The molecule has 0 fully saturated rings. The number of amides is 1. The van der Waals surface area contributed by atoms with E-state index in [1.54, 1.807) is 25.1 Å². The summed E-state index contributed by atoms with van der Waals surface area (Å²) >= 11 is 5.95. The Bertz CT molecular complexity index is 906. The average molecular weight is 410 g/mol. The van der Waals surface area contributed by atoms with Crippen LogP contribution in [-0.2, 0) is 20.7 Å². The van der Waals surface area contributed by atoms with E-state index in [-0.39, 0.29) is 12.2 Å². The van der Waals surface area contributed by atoms with Gasteiger partial charge in [-0.1, -0.05) is 17.7 Å². The normalized spacial score (nSPS) is 16.5. The highest BCUT2D eigenvalue weighted by molar-refractivity contribution is 6.30. The van der Waals surface area contributed by atoms with Gasteiger partial charge in [0, 0.05) is 16.7 Å². The third-order valence-corrected chi connectivity index (χ3v) is 4.65. The molecule has 2 atom stereocenters. The molecule has 0 radical (unpaired) electrons. The third-order valence-electron chi connectivity index (χ3n) is 4.41. The summed E-state index contributed by atoms with van der Waals surface area (Å²) in [5.41, 5.74) is 0.931. The summed E-state index contributed by atoms with van der Waals surface area (Å²) in [6, 6.07) is 7.56. The molecule has 0 unspecified atom stereocenters. The van der Waals surface area contributed by atoms with Crippen molar-refractivity contribution in [3.8, 4) is 5.75 Å². The summed E-state index contributed by atoms with van der Waals surface area (Å²) in [6.07, 6.45) is 0.396. The predicted octanol–water partition coefficient (Wildman–Crippen LogP) is 3.59. The molecule has 2 aromatic carbocycles. The molecule has 28 heavy (non-hydrogen) atoms. The number of carbonyl (C=O) groups excluding carboxylic acids is 2. The van der Waals surface area contributed by atoms with Gasteiger partial charge in [0.25, 0.3) is 5.91 Å². The van der Waals surface area contributed by atoms with Crippen molar-refractivity contribution in [2.45, 2.75) is 19.4 Å². The zero-order valence-electron chi connectivity index (χ0n) is 15.0. The SMILES string of the molecule is C[C@H](NC(=O)COC(=O)[C@@H]1COc2ccc(Cl)cc2C1)c1ccc(F)cc1F. The lowest BCUT2D eigenvalue weighted by atomic mass is 9.97. The Morgan fingerprint density at radius 2 is 2.07 bits per heavy atom. The molecule has 3 rings (SSSR count). The molecule has 2 aromatic rings. The molecular weight excluding hydrogens is 392 g/mol. The minimum atomic E-state index is -0.763. The predicted molar refractivity (Wildman–Crippen MR) is 98.0 cm³/mol. The Balaban J connectivity index is 1.51. The highest BCUT2D eigenvalue weighted by Crippen LogP contribution is 2.30. The van der Waals surface area contributed by atoms with E-state index in [0.29, 0.717) is 17.2 Å². The van der Waals surface area contributed by atoms with Gasteiger partial charge in [-0.15, -0.1) is 0 Å². The fourth-order valence-electron chi connectivity index (χ4n) is 2.98. The van der Waals surface area contributed by atoms with E-state index in [4.69, 9.17) is 21.1 Å². The summed E-state index contributed by atoms with van der Waals surface area (Å²) in [4.78, 5) is 24.2. The van der Waals surface area contributed by atoms with E-state index in [1.807, 2.05) is 0 Å². The molecule has 0 saturated carbocycles. The van der Waals surface area contributed by atoms with Crippen molar-refractivity contribution in [3.63, 3.8) is 0 Å². The lowest BCUT2D eigenvalue weighted by Crippen LogP contribution is -2.35. The molecule has 148 valence electrons. The topological polar surface area (TPSA) is 64.6 Å². The van der Waals surface area contributed by atoms with Crippen LogP contribution < -0.4 is 10.1 Å². The summed E-state index contributed by atoms with van der Waals surface area (Å²) in [6.45, 7) is 1.18. The highest BCUT2D eigenvalue weighted by Gasteiger charge is 2.28. The molecule has 5 nitrogen and oxygen atoms in total. The summed E-state index contributed by atoms with van der Waals surface area (Å²) in [7, 11) is 0. The second kappa shape index (κ2) is 8.56. The van der Waals surface area contributed by atoms with E-state index >= 15 is 0 Å². The molecule has 1 aliphatic rings. The lowest BCUT2D eigenvalue weighted by molar-refractivity contribution is -0.154. The number of carbonyl (C=O) groups is 2. The van der Waals surface area contributed by atoms with Crippen LogP contribution in [0.5, 0.6) is 5.75 Å². The third kappa shape index (κ3) is 4.78. The largest absolute Gasteiger partial charge is 0.492 e. The van der Waals surface area contributed by atoms with Crippen molar-refractivity contribution in [1.82, 2.24) is 5.32 Å². The Kier molecular flexibility index (Phi) is 6.14. The van der Waals surface area contributed by atoms with Gasteiger partial charge >= 0.3 is 5.97 Å². The fourth-order valence-corrected chi connectivity index (χ4v) is 3.18. The molecule has 1 aliphatic heterocycles. The molecule has 1 N–H and O–H groups in total. The lowest BCUT2D eigenvalue weighted by Gasteiger charge is -2.24. The van der Waals surface area contributed by atoms with Gasteiger partial charge in [-0.05, 0) is 43.2 Å². The molecular formula is C20H18ClF2NO4. The number of fused-ring (bicyclic) bond motifs is 1. The van der Waals surface area contributed by atoms with E-state index < -0.39 is 42.1 Å². The second-order valence-corrected chi connectivity index (χ2v) is 6.96. The van der Waals surface area contributed by atoms with Crippen LogP contribution in [0.25, 0.3) is 0 Å². The van der Waals surface area contributed by atoms with E-state index in [1.165, 1.54) is 6.07 Å². The van der Waals surface area contributed by atoms with Crippen molar-refractivity contribution in [2.24, 2.45) is 5.92 Å². The van der Waals surface area contributed by atoms with Crippen LogP contribution in [0.15, 0.2) is 36.4 Å². The van der Waals surface area contributed by atoms with Gasteiger partial charge in [0.05, 0.1) is 12.0 Å². The number of hydrogen-bond acceptors (Lipinski definition) is 4. The molecule has 0 spiro atoms. The van der Waals surface area contributed by atoms with Gasteiger partial charge < -0.3 is 14.8 Å². The molecule has 8 heteroatoms. The number of benzene rings is 2. The molecule has 0 bridgehead atoms. The van der Waals surface area contributed by atoms with Gasteiger partial charge in [0.15, 0.2) is 6.61 Å². The van der Waals surface area contributed by atoms with Gasteiger partial charge in [-0.25, -0.2) is 8.78 Å².